The van der Waals surface area contributed by atoms with Crippen LogP contribution in [-0.4, -0.2) is 21.0 Å². The number of nitrogens with two attached hydrogens (primary N) is 1. The first-order valence-corrected chi connectivity index (χ1v) is 5.76. The molecule has 0 fully saturated rings. The van der Waals surface area contributed by atoms with Crippen LogP contribution >= 0.6 is 0 Å². The van der Waals surface area contributed by atoms with Crippen LogP contribution in [0.4, 0.5) is 0 Å². The SMILES string of the molecule is CCC(N)Cc1cnc(-c2ccncc2)nc1. The van der Waals surface area contributed by atoms with Gasteiger partial charge in [0.25, 0.3) is 0 Å². The Morgan fingerprint density at radius 2 is 1.82 bits per heavy atom. The fraction of sp³-hybridized carbons (Fsp3) is 0.308. The van der Waals surface area contributed by atoms with E-state index in [1.54, 1.807) is 12.4 Å². The summed E-state index contributed by atoms with van der Waals surface area (Å²) in [5, 5.41) is 0. The van der Waals surface area contributed by atoms with Gasteiger partial charge in [0, 0.05) is 36.4 Å². The first-order chi connectivity index (χ1) is 8.29. The Bertz CT molecular complexity index is 453. The molecule has 2 heterocycles. The molecule has 4 heteroatoms. The highest BCUT2D eigenvalue weighted by Gasteiger charge is 2.04. The van der Waals surface area contributed by atoms with Crippen molar-refractivity contribution in [3.63, 3.8) is 0 Å². The van der Waals surface area contributed by atoms with Crippen LogP contribution in [0, 0.1) is 0 Å². The van der Waals surface area contributed by atoms with E-state index >= 15 is 0 Å². The van der Waals surface area contributed by atoms with Crippen molar-refractivity contribution < 1.29 is 0 Å². The molecule has 1 atom stereocenters. The van der Waals surface area contributed by atoms with Gasteiger partial charge < -0.3 is 5.73 Å². The Kier molecular flexibility index (Phi) is 3.77. The van der Waals surface area contributed by atoms with Gasteiger partial charge in [0.15, 0.2) is 5.82 Å². The van der Waals surface area contributed by atoms with Crippen LogP contribution in [0.15, 0.2) is 36.9 Å². The van der Waals surface area contributed by atoms with Crippen LogP contribution < -0.4 is 5.73 Å². The monoisotopic (exact) mass is 228 g/mol. The number of nitrogens with zero attached hydrogens (tertiary/aromatic N) is 3. The molecule has 0 spiro atoms. The van der Waals surface area contributed by atoms with Crippen molar-refractivity contribution >= 4 is 0 Å². The third-order valence-electron chi connectivity index (χ3n) is 2.67. The molecule has 2 N–H and O–H groups in total. The standard InChI is InChI=1S/C13H16N4/c1-2-12(14)7-10-8-16-13(17-9-10)11-3-5-15-6-4-11/h3-6,8-9,12H,2,7,14H2,1H3. The van der Waals surface area contributed by atoms with Crippen LogP contribution in [0.3, 0.4) is 0 Å². The van der Waals surface area contributed by atoms with Gasteiger partial charge >= 0.3 is 0 Å². The summed E-state index contributed by atoms with van der Waals surface area (Å²) < 4.78 is 0. The highest BCUT2D eigenvalue weighted by Crippen LogP contribution is 2.12. The molecule has 4 nitrogen and oxygen atoms in total. The molecule has 2 aromatic heterocycles. The molecule has 0 aliphatic carbocycles. The van der Waals surface area contributed by atoms with E-state index in [-0.39, 0.29) is 6.04 Å². The summed E-state index contributed by atoms with van der Waals surface area (Å²) in [7, 11) is 0. The second-order valence-electron chi connectivity index (χ2n) is 4.02. The van der Waals surface area contributed by atoms with Gasteiger partial charge in [0.1, 0.15) is 0 Å². The lowest BCUT2D eigenvalue weighted by Crippen LogP contribution is -2.21. The molecule has 0 aromatic carbocycles. The van der Waals surface area contributed by atoms with Crippen LogP contribution in [0.5, 0.6) is 0 Å². The number of pyridine rings is 1. The lowest BCUT2D eigenvalue weighted by molar-refractivity contribution is 0.643. The van der Waals surface area contributed by atoms with Gasteiger partial charge in [-0.15, -0.1) is 0 Å². The maximum Gasteiger partial charge on any atom is 0.159 e. The number of hydrogen-bond acceptors (Lipinski definition) is 4. The average Bonchev–Trinajstić information content (AvgIpc) is 2.40. The third kappa shape index (κ3) is 3.07. The number of hydrogen-bond donors (Lipinski definition) is 1. The molecule has 88 valence electrons. The third-order valence-corrected chi connectivity index (χ3v) is 2.67. The Balaban J connectivity index is 2.13. The smallest absolute Gasteiger partial charge is 0.159 e. The van der Waals surface area contributed by atoms with E-state index in [0.717, 1.165) is 29.8 Å². The molecular formula is C13H16N4. The topological polar surface area (TPSA) is 64.7 Å². The Morgan fingerprint density at radius 1 is 1.18 bits per heavy atom. The van der Waals surface area contributed by atoms with Gasteiger partial charge in [-0.3, -0.25) is 4.98 Å². The summed E-state index contributed by atoms with van der Waals surface area (Å²) in [6.07, 6.45) is 8.95. The lowest BCUT2D eigenvalue weighted by Gasteiger charge is -2.08. The molecular weight excluding hydrogens is 212 g/mol. The maximum absolute atomic E-state index is 5.89. The second kappa shape index (κ2) is 5.50. The van der Waals surface area contributed by atoms with E-state index in [9.17, 15) is 0 Å². The quantitative estimate of drug-likeness (QED) is 0.866. The molecule has 17 heavy (non-hydrogen) atoms. The Labute approximate surface area is 101 Å². The largest absolute Gasteiger partial charge is 0.327 e. The van der Waals surface area contributed by atoms with Crippen LogP contribution in [0.25, 0.3) is 11.4 Å². The first-order valence-electron chi connectivity index (χ1n) is 5.76. The van der Waals surface area contributed by atoms with Gasteiger partial charge in [0.2, 0.25) is 0 Å². The number of rotatable bonds is 4. The first kappa shape index (κ1) is 11.7. The highest BCUT2D eigenvalue weighted by molar-refractivity contribution is 5.53. The van der Waals surface area contributed by atoms with E-state index in [0.29, 0.717) is 0 Å². The van der Waals surface area contributed by atoms with Gasteiger partial charge in [-0.1, -0.05) is 6.92 Å². The number of aromatic nitrogens is 3. The normalized spacial score (nSPS) is 12.4. The average molecular weight is 228 g/mol. The minimum Gasteiger partial charge on any atom is -0.327 e. The van der Waals surface area contributed by atoms with Crippen molar-refractivity contribution in [3.05, 3.63) is 42.5 Å². The van der Waals surface area contributed by atoms with Crippen molar-refractivity contribution in [1.82, 2.24) is 15.0 Å². The second-order valence-corrected chi connectivity index (χ2v) is 4.02. The zero-order valence-electron chi connectivity index (χ0n) is 9.87. The molecule has 0 amide bonds. The van der Waals surface area contributed by atoms with E-state index in [1.807, 2.05) is 24.5 Å². The fourth-order valence-electron chi connectivity index (χ4n) is 1.56. The van der Waals surface area contributed by atoms with Crippen molar-refractivity contribution in [2.45, 2.75) is 25.8 Å². The predicted octanol–water partition coefficient (Wildman–Crippen LogP) is 1.82. The van der Waals surface area contributed by atoms with Crippen molar-refractivity contribution in [2.75, 3.05) is 0 Å². The molecule has 0 aliphatic rings. The van der Waals surface area contributed by atoms with Gasteiger partial charge in [-0.05, 0) is 30.5 Å². The minimum absolute atomic E-state index is 0.186. The van der Waals surface area contributed by atoms with E-state index in [4.69, 9.17) is 5.73 Å². The van der Waals surface area contributed by atoms with Crippen molar-refractivity contribution in [2.24, 2.45) is 5.73 Å². The summed E-state index contributed by atoms with van der Waals surface area (Å²) >= 11 is 0. The fourth-order valence-corrected chi connectivity index (χ4v) is 1.56. The van der Waals surface area contributed by atoms with E-state index in [1.165, 1.54) is 0 Å². The minimum atomic E-state index is 0.186. The van der Waals surface area contributed by atoms with Crippen molar-refractivity contribution in [3.8, 4) is 11.4 Å². The molecule has 0 radical (unpaired) electrons. The lowest BCUT2D eigenvalue weighted by atomic mass is 10.1. The summed E-state index contributed by atoms with van der Waals surface area (Å²) in [5.41, 5.74) is 7.95. The predicted molar refractivity (Wildman–Crippen MR) is 67.2 cm³/mol. The summed E-state index contributed by atoms with van der Waals surface area (Å²) in [6.45, 7) is 2.08. The summed E-state index contributed by atoms with van der Waals surface area (Å²) in [6, 6.07) is 3.98. The maximum atomic E-state index is 5.89. The van der Waals surface area contributed by atoms with E-state index < -0.39 is 0 Å². The summed E-state index contributed by atoms with van der Waals surface area (Å²) in [5.74, 6) is 0.723. The molecule has 2 aromatic rings. The van der Waals surface area contributed by atoms with Gasteiger partial charge in [-0.25, -0.2) is 9.97 Å². The Hall–Kier alpha value is -1.81. The Morgan fingerprint density at radius 3 is 2.41 bits per heavy atom. The molecule has 2 rings (SSSR count). The van der Waals surface area contributed by atoms with Crippen LogP contribution in [0.2, 0.25) is 0 Å². The molecule has 0 aliphatic heterocycles. The van der Waals surface area contributed by atoms with Crippen molar-refractivity contribution in [1.29, 1.82) is 0 Å². The molecule has 0 saturated carbocycles. The zero-order chi connectivity index (χ0) is 12.1. The van der Waals surface area contributed by atoms with E-state index in [2.05, 4.69) is 21.9 Å². The van der Waals surface area contributed by atoms with Crippen LogP contribution in [-0.2, 0) is 6.42 Å². The van der Waals surface area contributed by atoms with Gasteiger partial charge in [-0.2, -0.15) is 0 Å². The molecule has 0 saturated heterocycles. The summed E-state index contributed by atoms with van der Waals surface area (Å²) in [4.78, 5) is 12.7. The van der Waals surface area contributed by atoms with Gasteiger partial charge in [0.05, 0.1) is 0 Å². The zero-order valence-corrected chi connectivity index (χ0v) is 9.87. The molecule has 0 bridgehead atoms. The highest BCUT2D eigenvalue weighted by atomic mass is 14.9. The van der Waals surface area contributed by atoms with Crippen LogP contribution in [0.1, 0.15) is 18.9 Å². The molecule has 1 unspecified atom stereocenters.